The Kier molecular flexibility index (Phi) is 3.96. The van der Waals surface area contributed by atoms with Gasteiger partial charge in [-0.15, -0.1) is 10.2 Å². The number of amides is 1. The number of anilines is 1. The Bertz CT molecular complexity index is 876. The van der Waals surface area contributed by atoms with Crippen molar-refractivity contribution < 1.29 is 9.53 Å². The van der Waals surface area contributed by atoms with Crippen LogP contribution >= 0.6 is 0 Å². The maximum absolute atomic E-state index is 13.4. The van der Waals surface area contributed by atoms with E-state index in [0.717, 1.165) is 43.5 Å². The van der Waals surface area contributed by atoms with E-state index in [9.17, 15) is 4.79 Å². The lowest BCUT2D eigenvalue weighted by Gasteiger charge is -2.60. The zero-order chi connectivity index (χ0) is 19.4. The Morgan fingerprint density at radius 1 is 1.21 bits per heavy atom. The first-order valence-electron chi connectivity index (χ1n) is 10.3. The van der Waals surface area contributed by atoms with Gasteiger partial charge in [0.15, 0.2) is 5.82 Å². The maximum Gasteiger partial charge on any atom is 0.230 e. The van der Waals surface area contributed by atoms with Crippen molar-refractivity contribution in [1.29, 1.82) is 0 Å². The summed E-state index contributed by atoms with van der Waals surface area (Å²) < 4.78 is 5.50. The van der Waals surface area contributed by atoms with Crippen molar-refractivity contribution in [3.8, 4) is 5.75 Å². The lowest BCUT2D eigenvalue weighted by atomic mass is 9.46. The van der Waals surface area contributed by atoms with E-state index in [4.69, 9.17) is 4.74 Å². The van der Waals surface area contributed by atoms with Crippen LogP contribution in [-0.4, -0.2) is 32.7 Å². The minimum atomic E-state index is -0.329. The SMILES string of the molecule is CCOc1ccc(NC(=O)C23C[C@@H]4C[C@@H](C2)CC(n2nnc(C)n2)(C4)C3)cc1. The molecule has 0 aliphatic heterocycles. The summed E-state index contributed by atoms with van der Waals surface area (Å²) in [5.41, 5.74) is 0.346. The smallest absolute Gasteiger partial charge is 0.230 e. The number of hydrogen-bond donors (Lipinski definition) is 1. The molecule has 1 aromatic carbocycles. The minimum Gasteiger partial charge on any atom is -0.494 e. The Morgan fingerprint density at radius 2 is 1.93 bits per heavy atom. The molecule has 4 fully saturated rings. The molecule has 0 spiro atoms. The number of ether oxygens (including phenoxy) is 1. The number of carbonyl (C=O) groups excluding carboxylic acids is 1. The van der Waals surface area contributed by atoms with Crippen LogP contribution in [0.3, 0.4) is 0 Å². The highest BCUT2D eigenvalue weighted by Gasteiger charge is 2.62. The van der Waals surface area contributed by atoms with E-state index in [2.05, 4.69) is 20.7 Å². The molecular weight excluding hydrogens is 354 g/mol. The molecular formula is C21H27N5O2. The molecule has 0 saturated heterocycles. The van der Waals surface area contributed by atoms with E-state index in [0.29, 0.717) is 24.3 Å². The monoisotopic (exact) mass is 381 g/mol. The number of tetrazole rings is 1. The summed E-state index contributed by atoms with van der Waals surface area (Å²) in [6.45, 7) is 4.47. The van der Waals surface area contributed by atoms with E-state index >= 15 is 0 Å². The molecule has 1 N–H and O–H groups in total. The predicted molar refractivity (Wildman–Crippen MR) is 104 cm³/mol. The van der Waals surface area contributed by atoms with Crippen LogP contribution in [0, 0.1) is 24.2 Å². The first-order chi connectivity index (χ1) is 13.5. The van der Waals surface area contributed by atoms with Crippen LogP contribution in [0.25, 0.3) is 0 Å². The normalized spacial score (nSPS) is 33.1. The van der Waals surface area contributed by atoms with Gasteiger partial charge in [0, 0.05) is 5.69 Å². The lowest BCUT2D eigenvalue weighted by molar-refractivity contribution is -0.152. The molecule has 7 heteroatoms. The number of aryl methyl sites for hydroxylation is 1. The summed E-state index contributed by atoms with van der Waals surface area (Å²) in [5, 5.41) is 16.2. The number of benzene rings is 1. The van der Waals surface area contributed by atoms with Crippen molar-refractivity contribution in [1.82, 2.24) is 20.2 Å². The van der Waals surface area contributed by atoms with Gasteiger partial charge in [-0.3, -0.25) is 4.79 Å². The Labute approximate surface area is 164 Å². The van der Waals surface area contributed by atoms with Crippen molar-refractivity contribution in [2.75, 3.05) is 11.9 Å². The average Bonchev–Trinajstić information content (AvgIpc) is 3.10. The average molecular weight is 381 g/mol. The molecule has 7 nitrogen and oxygen atoms in total. The number of rotatable bonds is 5. The molecule has 1 heterocycles. The van der Waals surface area contributed by atoms with Crippen molar-refractivity contribution in [3.63, 3.8) is 0 Å². The largest absolute Gasteiger partial charge is 0.494 e. The van der Waals surface area contributed by atoms with Crippen molar-refractivity contribution in [2.45, 2.75) is 57.9 Å². The highest BCUT2D eigenvalue weighted by atomic mass is 16.5. The second-order valence-corrected chi connectivity index (χ2v) is 9.00. The number of carbonyl (C=O) groups is 1. The predicted octanol–water partition coefficient (Wildman–Crippen LogP) is 3.31. The molecule has 6 rings (SSSR count). The summed E-state index contributed by atoms with van der Waals surface area (Å²) in [5.74, 6) is 2.80. The summed E-state index contributed by atoms with van der Waals surface area (Å²) in [6.07, 6.45) is 6.12. The third kappa shape index (κ3) is 2.79. The summed E-state index contributed by atoms with van der Waals surface area (Å²) in [6, 6.07) is 7.65. The zero-order valence-corrected chi connectivity index (χ0v) is 16.5. The van der Waals surface area contributed by atoms with Crippen LogP contribution in [0.4, 0.5) is 5.69 Å². The third-order valence-corrected chi connectivity index (χ3v) is 6.87. The molecule has 148 valence electrons. The van der Waals surface area contributed by atoms with E-state index in [1.165, 1.54) is 6.42 Å². The van der Waals surface area contributed by atoms with Gasteiger partial charge < -0.3 is 10.1 Å². The van der Waals surface area contributed by atoms with E-state index in [1.807, 2.05) is 42.9 Å². The summed E-state index contributed by atoms with van der Waals surface area (Å²) in [4.78, 5) is 15.3. The van der Waals surface area contributed by atoms with Gasteiger partial charge in [0.2, 0.25) is 5.91 Å². The van der Waals surface area contributed by atoms with Crippen LogP contribution in [0.2, 0.25) is 0 Å². The molecule has 0 radical (unpaired) electrons. The lowest BCUT2D eigenvalue weighted by Crippen LogP contribution is -2.60. The van der Waals surface area contributed by atoms with Gasteiger partial charge in [0.05, 0.1) is 17.6 Å². The second-order valence-electron chi connectivity index (χ2n) is 9.00. The van der Waals surface area contributed by atoms with E-state index in [-0.39, 0.29) is 16.9 Å². The number of nitrogens with one attached hydrogen (secondary N) is 1. The third-order valence-electron chi connectivity index (χ3n) is 6.87. The van der Waals surface area contributed by atoms with Crippen LogP contribution in [0.15, 0.2) is 24.3 Å². The molecule has 1 amide bonds. The van der Waals surface area contributed by atoms with Gasteiger partial charge >= 0.3 is 0 Å². The van der Waals surface area contributed by atoms with Gasteiger partial charge in [-0.25, -0.2) is 0 Å². The van der Waals surface area contributed by atoms with E-state index < -0.39 is 0 Å². The Morgan fingerprint density at radius 3 is 2.54 bits per heavy atom. The first kappa shape index (κ1) is 17.6. The molecule has 1 aromatic heterocycles. The highest BCUT2D eigenvalue weighted by molar-refractivity contribution is 5.95. The summed E-state index contributed by atoms with van der Waals surface area (Å²) in [7, 11) is 0. The molecule has 2 atom stereocenters. The fourth-order valence-corrected chi connectivity index (χ4v) is 6.26. The van der Waals surface area contributed by atoms with Gasteiger partial charge in [0.25, 0.3) is 0 Å². The molecule has 4 saturated carbocycles. The maximum atomic E-state index is 13.4. The van der Waals surface area contributed by atoms with Crippen molar-refractivity contribution >= 4 is 11.6 Å². The topological polar surface area (TPSA) is 81.9 Å². The van der Waals surface area contributed by atoms with Crippen molar-refractivity contribution in [2.24, 2.45) is 17.3 Å². The van der Waals surface area contributed by atoms with Crippen LogP contribution in [0.1, 0.15) is 51.3 Å². The van der Waals surface area contributed by atoms with Gasteiger partial charge in [-0.05, 0) is 93.7 Å². The second kappa shape index (κ2) is 6.29. The molecule has 2 aromatic rings. The number of aromatic nitrogens is 4. The summed E-state index contributed by atoms with van der Waals surface area (Å²) >= 11 is 0. The minimum absolute atomic E-state index is 0.145. The number of hydrogen-bond acceptors (Lipinski definition) is 5. The molecule has 4 aliphatic carbocycles. The Balaban J connectivity index is 1.40. The molecule has 4 bridgehead atoms. The zero-order valence-electron chi connectivity index (χ0n) is 16.5. The van der Waals surface area contributed by atoms with Crippen LogP contribution < -0.4 is 10.1 Å². The molecule has 4 aliphatic rings. The van der Waals surface area contributed by atoms with E-state index in [1.54, 1.807) is 0 Å². The first-order valence-corrected chi connectivity index (χ1v) is 10.3. The van der Waals surface area contributed by atoms with Gasteiger partial charge in [-0.2, -0.15) is 4.80 Å². The van der Waals surface area contributed by atoms with Crippen LogP contribution in [0.5, 0.6) is 5.75 Å². The quantitative estimate of drug-likeness (QED) is 0.859. The molecule has 28 heavy (non-hydrogen) atoms. The number of nitrogens with zero attached hydrogens (tertiary/aromatic N) is 4. The van der Waals surface area contributed by atoms with Crippen molar-refractivity contribution in [3.05, 3.63) is 30.1 Å². The fraction of sp³-hybridized carbons (Fsp3) is 0.619. The molecule has 0 unspecified atom stereocenters. The standard InChI is InChI=1S/C21H27N5O2/c1-3-28-18-6-4-17(5-7-18)22-19(27)20-9-15-8-16(10-20)12-21(11-15,13-20)26-24-14(2)23-25-26/h4-7,15-16H,3,8-13H2,1-2H3,(H,22,27)/t15-,16-,20?,21?/m0/s1. The van der Waals surface area contributed by atoms with Gasteiger partial charge in [-0.1, -0.05) is 0 Å². The highest BCUT2D eigenvalue weighted by Crippen LogP contribution is 2.64. The van der Waals surface area contributed by atoms with Gasteiger partial charge in [0.1, 0.15) is 5.75 Å². The van der Waals surface area contributed by atoms with Crippen LogP contribution in [-0.2, 0) is 10.3 Å². The Hall–Kier alpha value is -2.44. The fourth-order valence-electron chi connectivity index (χ4n) is 6.26.